The maximum absolute atomic E-state index is 12.1. The van der Waals surface area contributed by atoms with E-state index in [0.29, 0.717) is 12.1 Å². The molecule has 106 valence electrons. The van der Waals surface area contributed by atoms with Crippen molar-refractivity contribution < 1.29 is 4.79 Å². The molecule has 0 saturated heterocycles. The maximum atomic E-state index is 12.1. The number of anilines is 1. The lowest BCUT2D eigenvalue weighted by Gasteiger charge is -2.09. The van der Waals surface area contributed by atoms with Gasteiger partial charge in [-0.05, 0) is 19.9 Å². The highest BCUT2D eigenvalue weighted by molar-refractivity contribution is 7.09. The number of aromatic nitrogens is 2. The fraction of sp³-hybridized carbons (Fsp3) is 0.357. The number of hydrogen-bond acceptors (Lipinski definition) is 5. The van der Waals surface area contributed by atoms with E-state index >= 15 is 0 Å². The van der Waals surface area contributed by atoms with Crippen molar-refractivity contribution in [3.05, 3.63) is 40.1 Å². The van der Waals surface area contributed by atoms with Crippen LogP contribution in [0.5, 0.6) is 0 Å². The van der Waals surface area contributed by atoms with Crippen LogP contribution < -0.4 is 10.6 Å². The molecule has 2 aromatic rings. The Morgan fingerprint density at radius 1 is 1.45 bits per heavy atom. The summed E-state index contributed by atoms with van der Waals surface area (Å²) in [6.07, 6.45) is 4.01. The second-order valence-corrected chi connectivity index (χ2v) is 5.28. The second-order valence-electron chi connectivity index (χ2n) is 4.34. The molecule has 0 aromatic carbocycles. The third-order valence-electron chi connectivity index (χ3n) is 2.72. The van der Waals surface area contributed by atoms with Crippen LogP contribution in [0.25, 0.3) is 0 Å². The van der Waals surface area contributed by atoms with Crippen molar-refractivity contribution in [2.75, 3.05) is 18.4 Å². The Labute approximate surface area is 122 Å². The van der Waals surface area contributed by atoms with E-state index in [-0.39, 0.29) is 5.91 Å². The molecular formula is C14H18N4OS. The van der Waals surface area contributed by atoms with Gasteiger partial charge in [0, 0.05) is 43.0 Å². The number of aryl methyl sites for hydroxylation is 1. The van der Waals surface area contributed by atoms with Gasteiger partial charge in [-0.15, -0.1) is 11.3 Å². The molecule has 1 amide bonds. The van der Waals surface area contributed by atoms with Crippen LogP contribution in [0.4, 0.5) is 5.69 Å². The Kier molecular flexibility index (Phi) is 5.06. The quantitative estimate of drug-likeness (QED) is 0.856. The molecule has 0 spiro atoms. The lowest BCUT2D eigenvalue weighted by molar-refractivity contribution is 0.0954. The first kappa shape index (κ1) is 14.5. The van der Waals surface area contributed by atoms with Gasteiger partial charge in [-0.1, -0.05) is 0 Å². The van der Waals surface area contributed by atoms with E-state index in [1.807, 2.05) is 25.3 Å². The van der Waals surface area contributed by atoms with Gasteiger partial charge in [0.1, 0.15) is 0 Å². The molecular weight excluding hydrogens is 272 g/mol. The number of carbonyl (C=O) groups excluding carboxylic acids is 1. The van der Waals surface area contributed by atoms with Crippen LogP contribution in [0.2, 0.25) is 0 Å². The Balaban J connectivity index is 1.91. The van der Waals surface area contributed by atoms with Crippen LogP contribution in [0.1, 0.15) is 28.0 Å². The molecule has 2 heterocycles. The highest BCUT2D eigenvalue weighted by Crippen LogP contribution is 2.13. The number of amides is 1. The second kappa shape index (κ2) is 7.00. The number of carbonyl (C=O) groups is 1. The van der Waals surface area contributed by atoms with Crippen molar-refractivity contribution in [2.45, 2.75) is 20.3 Å². The zero-order chi connectivity index (χ0) is 14.4. The lowest BCUT2D eigenvalue weighted by atomic mass is 10.2. The van der Waals surface area contributed by atoms with Crippen LogP contribution in [0.15, 0.2) is 23.8 Å². The first-order valence-corrected chi connectivity index (χ1v) is 7.45. The summed E-state index contributed by atoms with van der Waals surface area (Å²) >= 11 is 1.62. The smallest absolute Gasteiger partial charge is 0.254 e. The predicted octanol–water partition coefficient (Wildman–Crippen LogP) is 2.25. The average molecular weight is 290 g/mol. The van der Waals surface area contributed by atoms with E-state index in [0.717, 1.165) is 29.4 Å². The third kappa shape index (κ3) is 3.77. The normalized spacial score (nSPS) is 10.3. The number of hydrogen-bond donors (Lipinski definition) is 2. The lowest BCUT2D eigenvalue weighted by Crippen LogP contribution is -2.26. The highest BCUT2D eigenvalue weighted by atomic mass is 32.1. The molecule has 2 aromatic heterocycles. The fourth-order valence-corrected chi connectivity index (χ4v) is 2.59. The predicted molar refractivity (Wildman–Crippen MR) is 81.3 cm³/mol. The van der Waals surface area contributed by atoms with E-state index in [2.05, 4.69) is 20.6 Å². The standard InChI is InChI=1S/C14H18N4OS/c1-3-16-12-4-6-15-8-11(12)14(19)17-7-5-13-18-10(2)9-20-13/h4,6,8-9H,3,5,7H2,1-2H3,(H,15,16)(H,17,19). The van der Waals surface area contributed by atoms with Crippen LogP contribution in [-0.4, -0.2) is 29.0 Å². The van der Waals surface area contributed by atoms with Gasteiger partial charge in [0.25, 0.3) is 5.91 Å². The van der Waals surface area contributed by atoms with Gasteiger partial charge >= 0.3 is 0 Å². The minimum Gasteiger partial charge on any atom is -0.385 e. The van der Waals surface area contributed by atoms with Gasteiger partial charge in [-0.3, -0.25) is 9.78 Å². The Bertz CT molecular complexity index is 582. The number of nitrogens with one attached hydrogen (secondary N) is 2. The molecule has 5 nitrogen and oxygen atoms in total. The molecule has 0 aliphatic carbocycles. The number of rotatable bonds is 6. The Morgan fingerprint density at radius 2 is 2.30 bits per heavy atom. The molecule has 2 N–H and O–H groups in total. The van der Waals surface area contributed by atoms with E-state index in [1.54, 1.807) is 23.7 Å². The van der Waals surface area contributed by atoms with E-state index < -0.39 is 0 Å². The monoisotopic (exact) mass is 290 g/mol. The molecule has 0 atom stereocenters. The van der Waals surface area contributed by atoms with Gasteiger partial charge in [0.2, 0.25) is 0 Å². The summed E-state index contributed by atoms with van der Waals surface area (Å²) in [7, 11) is 0. The van der Waals surface area contributed by atoms with Crippen LogP contribution >= 0.6 is 11.3 Å². The molecule has 0 aliphatic heterocycles. The molecule has 0 aliphatic rings. The van der Waals surface area contributed by atoms with Crippen LogP contribution in [-0.2, 0) is 6.42 Å². The summed E-state index contributed by atoms with van der Waals surface area (Å²) in [5.74, 6) is -0.109. The van der Waals surface area contributed by atoms with Crippen molar-refractivity contribution in [1.82, 2.24) is 15.3 Å². The third-order valence-corrected chi connectivity index (χ3v) is 3.75. The first-order valence-electron chi connectivity index (χ1n) is 6.57. The summed E-state index contributed by atoms with van der Waals surface area (Å²) in [5, 5.41) is 9.12. The van der Waals surface area contributed by atoms with Crippen molar-refractivity contribution in [3.63, 3.8) is 0 Å². The number of nitrogens with zero attached hydrogens (tertiary/aromatic N) is 2. The SMILES string of the molecule is CCNc1ccncc1C(=O)NCCc1nc(C)cs1. The van der Waals surface area contributed by atoms with Gasteiger partial charge in [0.05, 0.1) is 16.3 Å². The molecule has 0 bridgehead atoms. The maximum Gasteiger partial charge on any atom is 0.254 e. The molecule has 0 saturated carbocycles. The van der Waals surface area contributed by atoms with Crippen LogP contribution in [0, 0.1) is 6.92 Å². The van der Waals surface area contributed by atoms with Gasteiger partial charge in [-0.25, -0.2) is 4.98 Å². The zero-order valence-corrected chi connectivity index (χ0v) is 12.5. The molecule has 0 radical (unpaired) electrons. The highest BCUT2D eigenvalue weighted by Gasteiger charge is 2.10. The molecule has 6 heteroatoms. The molecule has 0 fully saturated rings. The average Bonchev–Trinajstić information content (AvgIpc) is 2.85. The van der Waals surface area contributed by atoms with E-state index in [1.165, 1.54) is 0 Å². The van der Waals surface area contributed by atoms with Crippen molar-refractivity contribution >= 4 is 22.9 Å². The van der Waals surface area contributed by atoms with E-state index in [9.17, 15) is 4.79 Å². The summed E-state index contributed by atoms with van der Waals surface area (Å²) in [4.78, 5) is 20.5. The minimum atomic E-state index is -0.109. The largest absolute Gasteiger partial charge is 0.385 e. The Morgan fingerprint density at radius 3 is 3.00 bits per heavy atom. The molecule has 0 unspecified atom stereocenters. The summed E-state index contributed by atoms with van der Waals surface area (Å²) < 4.78 is 0. The van der Waals surface area contributed by atoms with Gasteiger partial charge < -0.3 is 10.6 Å². The van der Waals surface area contributed by atoms with Crippen LogP contribution in [0.3, 0.4) is 0 Å². The Hall–Kier alpha value is -1.95. The fourth-order valence-electron chi connectivity index (χ4n) is 1.82. The van der Waals surface area contributed by atoms with E-state index in [4.69, 9.17) is 0 Å². The zero-order valence-electron chi connectivity index (χ0n) is 11.6. The summed E-state index contributed by atoms with van der Waals surface area (Å²) in [5.41, 5.74) is 2.41. The summed E-state index contributed by atoms with van der Waals surface area (Å²) in [6, 6.07) is 1.81. The first-order chi connectivity index (χ1) is 9.70. The summed E-state index contributed by atoms with van der Waals surface area (Å²) in [6.45, 7) is 5.30. The number of pyridine rings is 1. The van der Waals surface area contributed by atoms with Crippen molar-refractivity contribution in [1.29, 1.82) is 0 Å². The minimum absolute atomic E-state index is 0.109. The van der Waals surface area contributed by atoms with Gasteiger partial charge in [0.15, 0.2) is 0 Å². The van der Waals surface area contributed by atoms with Crippen molar-refractivity contribution in [3.8, 4) is 0 Å². The van der Waals surface area contributed by atoms with Crippen molar-refractivity contribution in [2.24, 2.45) is 0 Å². The molecule has 20 heavy (non-hydrogen) atoms. The topological polar surface area (TPSA) is 66.9 Å². The number of thiazole rings is 1. The van der Waals surface area contributed by atoms with Gasteiger partial charge in [-0.2, -0.15) is 0 Å². The molecule has 2 rings (SSSR count).